The molecule has 1 aromatic rings. The molecule has 6 heteroatoms. The zero-order valence-electron chi connectivity index (χ0n) is 12.9. The van der Waals surface area contributed by atoms with Gasteiger partial charge >= 0.3 is 0 Å². The number of hydrogen-bond donors (Lipinski definition) is 1. The molecule has 0 aromatic heterocycles. The van der Waals surface area contributed by atoms with E-state index in [0.717, 1.165) is 11.1 Å². The molecule has 1 saturated heterocycles. The van der Waals surface area contributed by atoms with Gasteiger partial charge in [-0.3, -0.25) is 0 Å². The minimum atomic E-state index is -3.29. The van der Waals surface area contributed by atoms with E-state index in [-0.39, 0.29) is 18.4 Å². The average Bonchev–Trinajstić information content (AvgIpc) is 2.82. The maximum absolute atomic E-state index is 12.5. The number of benzene rings is 1. The molecule has 0 saturated carbocycles. The fraction of sp³-hybridized carbons (Fsp3) is 0.600. The van der Waals surface area contributed by atoms with Gasteiger partial charge in [0.25, 0.3) is 0 Å². The highest BCUT2D eigenvalue weighted by Crippen LogP contribution is 2.24. The number of aliphatic hydroxyl groups is 1. The summed E-state index contributed by atoms with van der Waals surface area (Å²) in [7, 11) is 0.694. The maximum atomic E-state index is 12.5. The molecule has 5 nitrogen and oxygen atoms in total. The van der Waals surface area contributed by atoms with Crippen LogP contribution in [0.25, 0.3) is 0 Å². The first-order chi connectivity index (χ1) is 9.83. The predicted octanol–water partition coefficient (Wildman–Crippen LogP) is 0.891. The zero-order chi connectivity index (χ0) is 15.6. The van der Waals surface area contributed by atoms with Crippen molar-refractivity contribution in [3.05, 3.63) is 35.4 Å². The van der Waals surface area contributed by atoms with Crippen LogP contribution in [0.2, 0.25) is 0 Å². The summed E-state index contributed by atoms with van der Waals surface area (Å²) in [6.45, 7) is 3.21. The predicted molar refractivity (Wildman–Crippen MR) is 83.2 cm³/mol. The molecule has 2 atom stereocenters. The molecule has 0 radical (unpaired) electrons. The second-order valence-corrected chi connectivity index (χ2v) is 8.02. The molecule has 0 aliphatic carbocycles. The molecule has 1 aromatic carbocycles. The van der Waals surface area contributed by atoms with Crippen LogP contribution in [-0.4, -0.2) is 56.0 Å². The minimum Gasteiger partial charge on any atom is -0.392 e. The van der Waals surface area contributed by atoms with Crippen LogP contribution in [-0.2, 0) is 22.4 Å². The summed E-state index contributed by atoms with van der Waals surface area (Å²) in [5, 5.41) is 9.01. The lowest BCUT2D eigenvalue weighted by atomic mass is 10.1. The van der Waals surface area contributed by atoms with Crippen LogP contribution in [0.4, 0.5) is 0 Å². The Morgan fingerprint density at radius 2 is 1.76 bits per heavy atom. The van der Waals surface area contributed by atoms with E-state index >= 15 is 0 Å². The van der Waals surface area contributed by atoms with E-state index in [4.69, 9.17) is 5.11 Å². The summed E-state index contributed by atoms with van der Waals surface area (Å²) in [4.78, 5) is 2.09. The van der Waals surface area contributed by atoms with Crippen molar-refractivity contribution in [2.75, 3.05) is 27.2 Å². The van der Waals surface area contributed by atoms with Crippen molar-refractivity contribution in [1.29, 1.82) is 0 Å². The van der Waals surface area contributed by atoms with Crippen molar-refractivity contribution in [2.24, 2.45) is 5.92 Å². The molecule has 1 N–H and O–H groups in total. The second kappa shape index (κ2) is 6.44. The zero-order valence-corrected chi connectivity index (χ0v) is 13.7. The minimum absolute atomic E-state index is 0.0194. The average molecular weight is 312 g/mol. The van der Waals surface area contributed by atoms with Gasteiger partial charge in [-0.2, -0.15) is 4.31 Å². The SMILES string of the molecule is CC1CN(S(=O)(=O)Cc2ccc(CO)cc2)CC1N(C)C. The summed E-state index contributed by atoms with van der Waals surface area (Å²) < 4.78 is 26.7. The van der Waals surface area contributed by atoms with Gasteiger partial charge in [-0.1, -0.05) is 31.2 Å². The van der Waals surface area contributed by atoms with E-state index in [1.54, 1.807) is 28.6 Å². The largest absolute Gasteiger partial charge is 0.392 e. The Labute approximate surface area is 127 Å². The molecule has 0 amide bonds. The third-order valence-electron chi connectivity index (χ3n) is 4.15. The lowest BCUT2D eigenvalue weighted by Gasteiger charge is -2.22. The first-order valence-corrected chi connectivity index (χ1v) is 8.77. The number of sulfonamides is 1. The summed E-state index contributed by atoms with van der Waals surface area (Å²) >= 11 is 0. The molecule has 1 aliphatic heterocycles. The Kier molecular flexibility index (Phi) is 5.03. The molecule has 1 heterocycles. The van der Waals surface area contributed by atoms with Crippen molar-refractivity contribution in [3.63, 3.8) is 0 Å². The molecule has 0 spiro atoms. The molecular formula is C15H24N2O3S. The van der Waals surface area contributed by atoms with Crippen molar-refractivity contribution >= 4 is 10.0 Å². The highest BCUT2D eigenvalue weighted by atomic mass is 32.2. The third-order valence-corrected chi connectivity index (χ3v) is 5.93. The Balaban J connectivity index is 2.08. The van der Waals surface area contributed by atoms with Crippen LogP contribution < -0.4 is 0 Å². The van der Waals surface area contributed by atoms with E-state index in [2.05, 4.69) is 11.8 Å². The quantitative estimate of drug-likeness (QED) is 0.877. The van der Waals surface area contributed by atoms with E-state index in [0.29, 0.717) is 19.0 Å². The molecule has 1 aliphatic rings. The Hall–Kier alpha value is -0.950. The van der Waals surface area contributed by atoms with Crippen LogP contribution in [0.3, 0.4) is 0 Å². The van der Waals surface area contributed by atoms with Crippen LogP contribution in [0.15, 0.2) is 24.3 Å². The molecule has 118 valence electrons. The first-order valence-electron chi connectivity index (χ1n) is 7.16. The number of hydrogen-bond acceptors (Lipinski definition) is 4. The molecule has 2 rings (SSSR count). The van der Waals surface area contributed by atoms with E-state index < -0.39 is 10.0 Å². The monoisotopic (exact) mass is 312 g/mol. The van der Waals surface area contributed by atoms with Crippen molar-refractivity contribution < 1.29 is 13.5 Å². The highest BCUT2D eigenvalue weighted by molar-refractivity contribution is 7.88. The van der Waals surface area contributed by atoms with Gasteiger partial charge in [0.1, 0.15) is 0 Å². The second-order valence-electron chi connectivity index (χ2n) is 6.06. The fourth-order valence-corrected chi connectivity index (χ4v) is 4.49. The van der Waals surface area contributed by atoms with E-state index in [1.165, 1.54) is 0 Å². The number of likely N-dealkylation sites (N-methyl/N-ethyl adjacent to an activating group) is 1. The van der Waals surface area contributed by atoms with Gasteiger partial charge in [-0.25, -0.2) is 8.42 Å². The van der Waals surface area contributed by atoms with Gasteiger partial charge in [0.15, 0.2) is 0 Å². The van der Waals surface area contributed by atoms with Crippen LogP contribution in [0, 0.1) is 5.92 Å². The van der Waals surface area contributed by atoms with Crippen molar-refractivity contribution in [2.45, 2.75) is 25.3 Å². The van der Waals surface area contributed by atoms with Gasteiger partial charge in [-0.05, 0) is 31.1 Å². The van der Waals surface area contributed by atoms with Gasteiger partial charge in [-0.15, -0.1) is 0 Å². The van der Waals surface area contributed by atoms with E-state index in [1.807, 2.05) is 14.1 Å². The van der Waals surface area contributed by atoms with Gasteiger partial charge in [0.2, 0.25) is 10.0 Å². The number of aliphatic hydroxyl groups excluding tert-OH is 1. The standard InChI is InChI=1S/C15H24N2O3S/c1-12-8-17(9-15(12)16(2)3)21(19,20)11-14-6-4-13(10-18)5-7-14/h4-7,12,15,18H,8-11H2,1-3H3. The normalized spacial score (nSPS) is 23.9. The van der Waals surface area contributed by atoms with Gasteiger partial charge in [0, 0.05) is 19.1 Å². The maximum Gasteiger partial charge on any atom is 0.218 e. The summed E-state index contributed by atoms with van der Waals surface area (Å²) in [6.07, 6.45) is 0. The van der Waals surface area contributed by atoms with Crippen molar-refractivity contribution in [3.8, 4) is 0 Å². The fourth-order valence-electron chi connectivity index (χ4n) is 2.85. The number of rotatable bonds is 5. The molecule has 1 fully saturated rings. The third kappa shape index (κ3) is 3.83. The lowest BCUT2D eigenvalue weighted by Crippen LogP contribution is -2.36. The highest BCUT2D eigenvalue weighted by Gasteiger charge is 2.37. The topological polar surface area (TPSA) is 60.9 Å². The van der Waals surface area contributed by atoms with Gasteiger partial charge < -0.3 is 10.0 Å². The van der Waals surface area contributed by atoms with Gasteiger partial charge in [0.05, 0.1) is 12.4 Å². The number of nitrogens with zero attached hydrogens (tertiary/aromatic N) is 2. The molecule has 2 unspecified atom stereocenters. The molecular weight excluding hydrogens is 288 g/mol. The Morgan fingerprint density at radius 3 is 2.24 bits per heavy atom. The summed E-state index contributed by atoms with van der Waals surface area (Å²) in [5.41, 5.74) is 1.55. The summed E-state index contributed by atoms with van der Waals surface area (Å²) in [6, 6.07) is 7.34. The first kappa shape index (κ1) is 16.4. The lowest BCUT2D eigenvalue weighted by molar-refractivity contribution is 0.263. The van der Waals surface area contributed by atoms with Crippen LogP contribution >= 0.6 is 0 Å². The van der Waals surface area contributed by atoms with Crippen LogP contribution in [0.5, 0.6) is 0 Å². The molecule has 21 heavy (non-hydrogen) atoms. The summed E-state index contributed by atoms with van der Waals surface area (Å²) in [5.74, 6) is 0.359. The van der Waals surface area contributed by atoms with Crippen molar-refractivity contribution in [1.82, 2.24) is 9.21 Å². The Bertz CT molecular complexity index is 569. The Morgan fingerprint density at radius 1 is 1.19 bits per heavy atom. The molecule has 0 bridgehead atoms. The van der Waals surface area contributed by atoms with Crippen LogP contribution in [0.1, 0.15) is 18.1 Å². The van der Waals surface area contributed by atoms with E-state index in [9.17, 15) is 8.42 Å². The smallest absolute Gasteiger partial charge is 0.218 e.